The third-order valence-corrected chi connectivity index (χ3v) is 7.60. The van der Waals surface area contributed by atoms with Crippen molar-refractivity contribution in [3.8, 4) is 5.75 Å². The number of nitrogens with zero attached hydrogens (tertiary/aromatic N) is 2. The molecule has 1 saturated heterocycles. The molecule has 0 spiro atoms. The SMILES string of the molecule is C[C@H]1Cc2cc(C(O)=C3C(=O)C(=O)N(c4nc5ccc(Cl)cc5s4)[C@H]3c3ccc(F)cc3)ccc2O1. The Kier molecular flexibility index (Phi) is 5.31. The molecule has 1 aromatic heterocycles. The summed E-state index contributed by atoms with van der Waals surface area (Å²) in [5.74, 6) is -1.71. The first-order valence-electron chi connectivity index (χ1n) is 11.2. The molecule has 1 N–H and O–H groups in total. The zero-order valence-corrected chi connectivity index (χ0v) is 20.4. The van der Waals surface area contributed by atoms with Crippen molar-refractivity contribution < 1.29 is 23.8 Å². The molecule has 0 bridgehead atoms. The molecule has 1 fully saturated rings. The standard InChI is InChI=1S/C27H18ClFN2O4S/c1-13-10-16-11-15(4-9-20(16)35-13)24(32)22-23(14-2-6-18(29)7-3-14)31(26(34)25(22)33)27-30-19-8-5-17(28)12-21(19)36-27/h2-9,11-13,23,32H,10H2,1H3/t13-,23-/m0/s1. The predicted molar refractivity (Wildman–Crippen MR) is 136 cm³/mol. The van der Waals surface area contributed by atoms with E-state index in [1.807, 2.05) is 6.92 Å². The van der Waals surface area contributed by atoms with Crippen LogP contribution in [0.3, 0.4) is 0 Å². The number of benzene rings is 3. The molecule has 0 saturated carbocycles. The van der Waals surface area contributed by atoms with E-state index in [4.69, 9.17) is 16.3 Å². The van der Waals surface area contributed by atoms with Crippen LogP contribution in [0.5, 0.6) is 5.75 Å². The first kappa shape index (κ1) is 22.7. The molecule has 0 radical (unpaired) electrons. The number of ketones is 1. The second kappa shape index (κ2) is 8.43. The molecule has 6 rings (SSSR count). The summed E-state index contributed by atoms with van der Waals surface area (Å²) in [5, 5.41) is 12.2. The average molecular weight is 521 g/mol. The van der Waals surface area contributed by atoms with Crippen molar-refractivity contribution in [1.82, 2.24) is 4.98 Å². The Bertz CT molecular complexity index is 1600. The number of aromatic nitrogens is 1. The fourth-order valence-corrected chi connectivity index (χ4v) is 5.97. The van der Waals surface area contributed by atoms with Gasteiger partial charge in [-0.2, -0.15) is 0 Å². The quantitative estimate of drug-likeness (QED) is 0.202. The summed E-state index contributed by atoms with van der Waals surface area (Å²) >= 11 is 7.32. The Labute approximate surface area is 214 Å². The van der Waals surface area contributed by atoms with E-state index >= 15 is 0 Å². The highest BCUT2D eigenvalue weighted by atomic mass is 35.5. The van der Waals surface area contributed by atoms with Crippen LogP contribution < -0.4 is 9.64 Å². The lowest BCUT2D eigenvalue weighted by molar-refractivity contribution is -0.132. The van der Waals surface area contributed by atoms with Crippen LogP contribution >= 0.6 is 22.9 Å². The monoisotopic (exact) mass is 520 g/mol. The lowest BCUT2D eigenvalue weighted by atomic mass is 9.94. The van der Waals surface area contributed by atoms with Crippen LogP contribution in [-0.2, 0) is 16.0 Å². The Balaban J connectivity index is 1.53. The van der Waals surface area contributed by atoms with Gasteiger partial charge in [0.2, 0.25) is 0 Å². The number of halogens is 2. The number of thiazole rings is 1. The first-order chi connectivity index (χ1) is 17.3. The molecule has 6 nitrogen and oxygen atoms in total. The van der Waals surface area contributed by atoms with Crippen molar-refractivity contribution in [2.75, 3.05) is 4.90 Å². The maximum atomic E-state index is 13.8. The number of aliphatic hydroxyl groups excluding tert-OH is 1. The summed E-state index contributed by atoms with van der Waals surface area (Å²) in [6, 6.07) is 14.8. The van der Waals surface area contributed by atoms with Crippen LogP contribution in [0.15, 0.2) is 66.2 Å². The smallest absolute Gasteiger partial charge is 0.301 e. The van der Waals surface area contributed by atoms with E-state index in [0.29, 0.717) is 28.1 Å². The molecule has 2 atom stereocenters. The van der Waals surface area contributed by atoms with Gasteiger partial charge in [0.25, 0.3) is 5.78 Å². The molecule has 0 unspecified atom stereocenters. The Hall–Kier alpha value is -3.75. The van der Waals surface area contributed by atoms with E-state index in [0.717, 1.165) is 16.0 Å². The molecule has 3 aromatic carbocycles. The summed E-state index contributed by atoms with van der Waals surface area (Å²) < 4.78 is 20.2. The van der Waals surface area contributed by atoms with Gasteiger partial charge in [-0.1, -0.05) is 35.1 Å². The van der Waals surface area contributed by atoms with Gasteiger partial charge in [0.05, 0.1) is 21.8 Å². The van der Waals surface area contributed by atoms with E-state index in [2.05, 4.69) is 4.98 Å². The molecular weight excluding hydrogens is 503 g/mol. The first-order valence-corrected chi connectivity index (χ1v) is 12.4. The average Bonchev–Trinajstić information content (AvgIpc) is 3.51. The van der Waals surface area contributed by atoms with Gasteiger partial charge < -0.3 is 9.84 Å². The normalized spacial score (nSPS) is 20.7. The number of rotatable bonds is 3. The molecule has 2 aliphatic rings. The number of anilines is 1. The Morgan fingerprint density at radius 2 is 1.92 bits per heavy atom. The molecular formula is C27H18ClFN2O4S. The zero-order valence-electron chi connectivity index (χ0n) is 18.9. The van der Waals surface area contributed by atoms with Gasteiger partial charge in [0, 0.05) is 17.0 Å². The summed E-state index contributed by atoms with van der Waals surface area (Å²) in [6.07, 6.45) is 0.676. The minimum absolute atomic E-state index is 0.00901. The van der Waals surface area contributed by atoms with Gasteiger partial charge in [-0.3, -0.25) is 14.5 Å². The van der Waals surface area contributed by atoms with E-state index in [-0.39, 0.29) is 22.6 Å². The number of Topliss-reactive ketones (excluding diaryl/α,β-unsaturated/α-hetero) is 1. The highest BCUT2D eigenvalue weighted by Crippen LogP contribution is 2.45. The second-order valence-corrected chi connectivity index (χ2v) is 10.2. The van der Waals surface area contributed by atoms with Gasteiger partial charge in [0.15, 0.2) is 5.13 Å². The highest BCUT2D eigenvalue weighted by Gasteiger charge is 2.48. The number of ether oxygens (including phenoxy) is 1. The van der Waals surface area contributed by atoms with Crippen molar-refractivity contribution in [1.29, 1.82) is 0 Å². The van der Waals surface area contributed by atoms with Crippen molar-refractivity contribution in [2.24, 2.45) is 0 Å². The number of carbonyl (C=O) groups excluding carboxylic acids is 2. The van der Waals surface area contributed by atoms with E-state index in [9.17, 15) is 19.1 Å². The maximum absolute atomic E-state index is 13.8. The molecule has 180 valence electrons. The number of fused-ring (bicyclic) bond motifs is 2. The summed E-state index contributed by atoms with van der Waals surface area (Å²) in [5.41, 5.74) is 2.30. The van der Waals surface area contributed by atoms with Crippen molar-refractivity contribution in [3.63, 3.8) is 0 Å². The fraction of sp³-hybridized carbons (Fsp3) is 0.148. The maximum Gasteiger partial charge on any atom is 0.301 e. The largest absolute Gasteiger partial charge is 0.507 e. The van der Waals surface area contributed by atoms with Crippen molar-refractivity contribution in [3.05, 3.63) is 93.8 Å². The second-order valence-electron chi connectivity index (χ2n) is 8.78. The minimum Gasteiger partial charge on any atom is -0.507 e. The summed E-state index contributed by atoms with van der Waals surface area (Å²) in [6.45, 7) is 1.95. The van der Waals surface area contributed by atoms with Gasteiger partial charge in [-0.15, -0.1) is 0 Å². The number of hydrogen-bond acceptors (Lipinski definition) is 6. The van der Waals surface area contributed by atoms with Crippen LogP contribution in [0.2, 0.25) is 5.02 Å². The summed E-state index contributed by atoms with van der Waals surface area (Å²) in [7, 11) is 0. The molecule has 9 heteroatoms. The molecule has 0 aliphatic carbocycles. The minimum atomic E-state index is -0.995. The molecule has 4 aromatic rings. The van der Waals surface area contributed by atoms with Crippen LogP contribution in [0.1, 0.15) is 29.7 Å². The summed E-state index contributed by atoms with van der Waals surface area (Å²) in [4.78, 5) is 32.5. The van der Waals surface area contributed by atoms with E-state index in [1.54, 1.807) is 36.4 Å². The topological polar surface area (TPSA) is 79.7 Å². The Morgan fingerprint density at radius 1 is 1.14 bits per heavy atom. The van der Waals surface area contributed by atoms with Gasteiger partial charge in [-0.05, 0) is 66.6 Å². The van der Waals surface area contributed by atoms with Gasteiger partial charge >= 0.3 is 5.91 Å². The van der Waals surface area contributed by atoms with E-state index < -0.39 is 23.5 Å². The zero-order chi connectivity index (χ0) is 25.1. The van der Waals surface area contributed by atoms with Crippen LogP contribution in [0.4, 0.5) is 9.52 Å². The van der Waals surface area contributed by atoms with Crippen LogP contribution in [0, 0.1) is 5.82 Å². The third-order valence-electron chi connectivity index (χ3n) is 6.34. The predicted octanol–water partition coefficient (Wildman–Crippen LogP) is 6.04. The lowest BCUT2D eigenvalue weighted by Crippen LogP contribution is -2.29. The van der Waals surface area contributed by atoms with Gasteiger partial charge in [-0.25, -0.2) is 9.37 Å². The molecule has 36 heavy (non-hydrogen) atoms. The fourth-order valence-electron chi connectivity index (χ4n) is 4.70. The Morgan fingerprint density at radius 3 is 2.69 bits per heavy atom. The number of carbonyl (C=O) groups is 2. The van der Waals surface area contributed by atoms with Crippen LogP contribution in [0.25, 0.3) is 16.0 Å². The number of hydrogen-bond donors (Lipinski definition) is 1. The van der Waals surface area contributed by atoms with Crippen molar-refractivity contribution in [2.45, 2.75) is 25.5 Å². The highest BCUT2D eigenvalue weighted by molar-refractivity contribution is 7.22. The van der Waals surface area contributed by atoms with Crippen LogP contribution in [-0.4, -0.2) is 27.9 Å². The van der Waals surface area contributed by atoms with E-state index in [1.165, 1.54) is 40.5 Å². The molecule has 1 amide bonds. The van der Waals surface area contributed by atoms with Gasteiger partial charge in [0.1, 0.15) is 23.4 Å². The lowest BCUT2D eigenvalue weighted by Gasteiger charge is -2.23. The number of amides is 1. The van der Waals surface area contributed by atoms with Crippen molar-refractivity contribution >= 4 is 55.7 Å². The molecule has 3 heterocycles. The number of aliphatic hydroxyl groups is 1. The third kappa shape index (κ3) is 3.65. The molecule has 2 aliphatic heterocycles.